The maximum Gasteiger partial charge on any atom is 0.249 e. The van der Waals surface area contributed by atoms with E-state index in [4.69, 9.17) is 29.6 Å². The van der Waals surface area contributed by atoms with Crippen LogP contribution in [0.3, 0.4) is 0 Å². The number of nitrogens with two attached hydrogens (primary N) is 1. The molecule has 0 radical (unpaired) electrons. The first-order chi connectivity index (χ1) is 10.4. The van der Waals surface area contributed by atoms with Crippen LogP contribution in [0.15, 0.2) is 29.4 Å². The van der Waals surface area contributed by atoms with Gasteiger partial charge in [-0.15, -0.1) is 0 Å². The largest absolute Gasteiger partial charge is 0.383 e. The van der Waals surface area contributed by atoms with Crippen molar-refractivity contribution in [1.29, 1.82) is 0 Å². The number of hydrogen-bond acceptors (Lipinski definition) is 4. The van der Waals surface area contributed by atoms with Crippen LogP contribution in [0, 0.1) is 0 Å². The molecule has 118 valence electrons. The molecule has 0 fully saturated rings. The Kier molecular flexibility index (Phi) is 5.33. The summed E-state index contributed by atoms with van der Waals surface area (Å²) in [6.07, 6.45) is -0.712. The average molecular weight is 341 g/mol. The van der Waals surface area contributed by atoms with Gasteiger partial charge in [-0.3, -0.25) is 4.79 Å². The number of rotatable bonds is 4. The fourth-order valence-electron chi connectivity index (χ4n) is 2.09. The maximum absolute atomic E-state index is 11.9. The predicted octanol–water partition coefficient (Wildman–Crippen LogP) is 0.859. The quantitative estimate of drug-likeness (QED) is 0.707. The number of hydrogen-bond donors (Lipinski definition) is 3. The Morgan fingerprint density at radius 3 is 2.77 bits per heavy atom. The van der Waals surface area contributed by atoms with Crippen molar-refractivity contribution in [1.82, 2.24) is 10.3 Å². The van der Waals surface area contributed by atoms with Crippen LogP contribution < -0.4 is 11.1 Å². The standard InChI is InChI=1S/C14H17ClN4O2S/c1-2-11(20)13(21)17-10-7-19(14(16)22)18-12(10)8-3-5-9(15)6-4-8/h3-6,10-11,20H,2,7H2,1H3,(H2,16,22)(H,17,21). The third kappa shape index (κ3) is 3.73. The number of aliphatic hydroxyl groups excluding tert-OH is 1. The van der Waals surface area contributed by atoms with E-state index < -0.39 is 18.1 Å². The van der Waals surface area contributed by atoms with E-state index in [0.717, 1.165) is 5.56 Å². The van der Waals surface area contributed by atoms with Crippen molar-refractivity contribution in [2.45, 2.75) is 25.5 Å². The molecular formula is C14H17ClN4O2S. The molecule has 0 aliphatic carbocycles. The van der Waals surface area contributed by atoms with Gasteiger partial charge in [0.25, 0.3) is 0 Å². The number of amides is 1. The number of thiocarbonyl (C=S) groups is 1. The number of nitrogens with one attached hydrogen (secondary N) is 1. The zero-order chi connectivity index (χ0) is 16.3. The number of carbonyl (C=O) groups is 1. The number of hydrazone groups is 1. The zero-order valence-corrected chi connectivity index (χ0v) is 13.6. The summed E-state index contributed by atoms with van der Waals surface area (Å²) in [5.41, 5.74) is 7.04. The number of aliphatic hydroxyl groups is 1. The van der Waals surface area contributed by atoms with E-state index in [0.29, 0.717) is 23.7 Å². The molecule has 6 nitrogen and oxygen atoms in total. The zero-order valence-electron chi connectivity index (χ0n) is 12.0. The Hall–Kier alpha value is -1.70. The molecule has 0 bridgehead atoms. The molecule has 2 rings (SSSR count). The summed E-state index contributed by atoms with van der Waals surface area (Å²) in [4.78, 5) is 11.9. The number of halogens is 1. The minimum Gasteiger partial charge on any atom is -0.383 e. The molecule has 0 spiro atoms. The predicted molar refractivity (Wildman–Crippen MR) is 89.7 cm³/mol. The first-order valence-electron chi connectivity index (χ1n) is 6.82. The van der Waals surface area contributed by atoms with Gasteiger partial charge in [0.1, 0.15) is 6.10 Å². The Bertz CT molecular complexity index is 605. The average Bonchev–Trinajstić information content (AvgIpc) is 2.91. The highest BCUT2D eigenvalue weighted by Crippen LogP contribution is 2.17. The molecule has 4 N–H and O–H groups in total. The van der Waals surface area contributed by atoms with Crippen molar-refractivity contribution in [3.63, 3.8) is 0 Å². The van der Waals surface area contributed by atoms with Crippen LogP contribution in [0.5, 0.6) is 0 Å². The van der Waals surface area contributed by atoms with Crippen molar-refractivity contribution in [2.75, 3.05) is 6.54 Å². The highest BCUT2D eigenvalue weighted by atomic mass is 35.5. The van der Waals surface area contributed by atoms with Crippen LogP contribution in [0.4, 0.5) is 0 Å². The molecule has 1 amide bonds. The molecule has 1 aliphatic heterocycles. The van der Waals surface area contributed by atoms with Crippen LogP contribution in [0.1, 0.15) is 18.9 Å². The van der Waals surface area contributed by atoms with Crippen molar-refractivity contribution in [2.24, 2.45) is 10.8 Å². The van der Waals surface area contributed by atoms with E-state index in [1.807, 2.05) is 0 Å². The SMILES string of the molecule is CCC(O)C(=O)NC1CN(C(N)=S)N=C1c1ccc(Cl)cc1. The molecular weight excluding hydrogens is 324 g/mol. The fraction of sp³-hybridized carbons (Fsp3) is 0.357. The third-order valence-corrected chi connectivity index (χ3v) is 3.78. The lowest BCUT2D eigenvalue weighted by molar-refractivity contribution is -0.129. The molecule has 2 unspecified atom stereocenters. The first-order valence-corrected chi connectivity index (χ1v) is 7.60. The molecule has 1 aliphatic rings. The van der Waals surface area contributed by atoms with E-state index in [9.17, 15) is 9.90 Å². The van der Waals surface area contributed by atoms with Gasteiger partial charge in [-0.2, -0.15) is 5.10 Å². The smallest absolute Gasteiger partial charge is 0.249 e. The van der Waals surface area contributed by atoms with Crippen molar-refractivity contribution in [3.05, 3.63) is 34.9 Å². The summed E-state index contributed by atoms with van der Waals surface area (Å²) >= 11 is 10.8. The molecule has 8 heteroatoms. The Balaban J connectivity index is 2.24. The van der Waals surface area contributed by atoms with Crippen LogP contribution >= 0.6 is 23.8 Å². The second-order valence-electron chi connectivity index (χ2n) is 4.90. The van der Waals surface area contributed by atoms with Gasteiger partial charge in [0, 0.05) is 10.6 Å². The highest BCUT2D eigenvalue weighted by Gasteiger charge is 2.31. The number of nitrogens with zero attached hydrogens (tertiary/aromatic N) is 2. The summed E-state index contributed by atoms with van der Waals surface area (Å²) in [6.45, 7) is 2.06. The fourth-order valence-corrected chi connectivity index (χ4v) is 2.33. The third-order valence-electron chi connectivity index (χ3n) is 3.31. The Morgan fingerprint density at radius 1 is 1.59 bits per heavy atom. The van der Waals surface area contributed by atoms with Gasteiger partial charge >= 0.3 is 0 Å². The second kappa shape index (κ2) is 7.04. The van der Waals surface area contributed by atoms with Crippen molar-refractivity contribution >= 4 is 40.6 Å². The minimum absolute atomic E-state index is 0.124. The highest BCUT2D eigenvalue weighted by molar-refractivity contribution is 7.80. The van der Waals surface area contributed by atoms with E-state index in [2.05, 4.69) is 10.4 Å². The summed E-state index contributed by atoms with van der Waals surface area (Å²) in [5.74, 6) is -0.445. The summed E-state index contributed by atoms with van der Waals surface area (Å²) in [6, 6.07) is 6.68. The molecule has 1 aromatic rings. The van der Waals surface area contributed by atoms with Crippen molar-refractivity contribution < 1.29 is 9.90 Å². The van der Waals surface area contributed by atoms with E-state index in [-0.39, 0.29) is 5.11 Å². The van der Waals surface area contributed by atoms with Gasteiger partial charge < -0.3 is 16.2 Å². The van der Waals surface area contributed by atoms with Crippen molar-refractivity contribution in [3.8, 4) is 0 Å². The summed E-state index contributed by atoms with van der Waals surface area (Å²) in [7, 11) is 0. The van der Waals surface area contributed by atoms with E-state index in [1.54, 1.807) is 31.2 Å². The van der Waals surface area contributed by atoms with Crippen LogP contribution in [0.25, 0.3) is 0 Å². The monoisotopic (exact) mass is 340 g/mol. The van der Waals surface area contributed by atoms with Crippen LogP contribution in [0.2, 0.25) is 5.02 Å². The molecule has 1 aromatic carbocycles. The second-order valence-corrected chi connectivity index (χ2v) is 5.75. The van der Waals surface area contributed by atoms with Gasteiger partial charge in [0.15, 0.2) is 5.11 Å². The lowest BCUT2D eigenvalue weighted by Gasteiger charge is -2.18. The number of benzene rings is 1. The topological polar surface area (TPSA) is 91.0 Å². The van der Waals surface area contributed by atoms with Gasteiger partial charge in [0.2, 0.25) is 5.91 Å². The molecule has 0 aromatic heterocycles. The van der Waals surface area contributed by atoms with E-state index >= 15 is 0 Å². The lowest BCUT2D eigenvalue weighted by atomic mass is 10.0. The normalized spacial score (nSPS) is 18.8. The summed E-state index contributed by atoms with van der Waals surface area (Å²) in [5, 5.41) is 18.9. The molecule has 1 heterocycles. The Morgan fingerprint density at radius 2 is 2.23 bits per heavy atom. The van der Waals surface area contributed by atoms with E-state index in [1.165, 1.54) is 5.01 Å². The molecule has 2 atom stereocenters. The van der Waals surface area contributed by atoms with Gasteiger partial charge in [-0.25, -0.2) is 5.01 Å². The summed E-state index contributed by atoms with van der Waals surface area (Å²) < 4.78 is 0. The molecule has 0 saturated heterocycles. The minimum atomic E-state index is -1.05. The number of carbonyl (C=O) groups excluding carboxylic acids is 1. The molecule has 22 heavy (non-hydrogen) atoms. The maximum atomic E-state index is 11.9. The lowest BCUT2D eigenvalue weighted by Crippen LogP contribution is -2.47. The van der Waals surface area contributed by atoms with Gasteiger partial charge in [0.05, 0.1) is 18.3 Å². The van der Waals surface area contributed by atoms with Gasteiger partial charge in [-0.05, 0) is 30.8 Å². The Labute approximate surface area is 138 Å². The molecule has 0 saturated carbocycles. The van der Waals surface area contributed by atoms with Crippen LogP contribution in [-0.2, 0) is 4.79 Å². The van der Waals surface area contributed by atoms with Gasteiger partial charge in [-0.1, -0.05) is 30.7 Å². The van der Waals surface area contributed by atoms with Crippen LogP contribution in [-0.4, -0.2) is 45.5 Å². The first kappa shape index (κ1) is 16.7.